The second kappa shape index (κ2) is 6.55. The molecule has 0 bridgehead atoms. The molecule has 0 radical (unpaired) electrons. The third-order valence-corrected chi connectivity index (χ3v) is 2.95. The van der Waals surface area contributed by atoms with Gasteiger partial charge in [0.2, 0.25) is 11.8 Å². The predicted octanol–water partition coefficient (Wildman–Crippen LogP) is 3.92. The van der Waals surface area contributed by atoms with E-state index in [0.717, 1.165) is 0 Å². The van der Waals surface area contributed by atoms with E-state index in [0.29, 0.717) is 12.5 Å². The van der Waals surface area contributed by atoms with Gasteiger partial charge >= 0.3 is 0 Å². The van der Waals surface area contributed by atoms with Crippen molar-refractivity contribution in [2.45, 2.75) is 6.92 Å². The smallest absolute Gasteiger partial charge is 0.273 e. The topological polar surface area (TPSA) is 90.2 Å². The molecule has 9 heteroatoms. The monoisotopic (exact) mass is 328 g/mol. The van der Waals surface area contributed by atoms with E-state index < -0.39 is 4.92 Å². The minimum absolute atomic E-state index is 0.0602. The van der Waals surface area contributed by atoms with Crippen LogP contribution in [0.3, 0.4) is 0 Å². The van der Waals surface area contributed by atoms with Crippen LogP contribution in [-0.2, 0) is 0 Å². The van der Waals surface area contributed by atoms with Crippen LogP contribution in [0.15, 0.2) is 24.4 Å². The molecular weight excluding hydrogens is 319 g/mol. The molecule has 0 aliphatic rings. The van der Waals surface area contributed by atoms with Crippen molar-refractivity contribution in [2.75, 3.05) is 11.9 Å². The number of aromatic nitrogens is 2. The van der Waals surface area contributed by atoms with Gasteiger partial charge in [0.15, 0.2) is 5.75 Å². The van der Waals surface area contributed by atoms with Crippen LogP contribution in [0.25, 0.3) is 0 Å². The number of non-ortho nitro benzene ring substituents is 1. The molecule has 0 fully saturated rings. The molecule has 21 heavy (non-hydrogen) atoms. The number of hydrogen-bond donors (Lipinski definition) is 1. The standard InChI is InChI=1S/C12H10Cl2N4O3/c1-2-15-12-16-6-9(14)11(17-12)21-10-5-7(18(19)20)3-4-8(10)13/h3-6H,2H2,1H3,(H,15,16,17). The summed E-state index contributed by atoms with van der Waals surface area (Å²) in [6, 6.07) is 3.85. The Balaban J connectivity index is 2.35. The van der Waals surface area contributed by atoms with E-state index in [4.69, 9.17) is 27.9 Å². The molecule has 7 nitrogen and oxygen atoms in total. The molecule has 1 heterocycles. The third kappa shape index (κ3) is 3.71. The molecule has 110 valence electrons. The van der Waals surface area contributed by atoms with Gasteiger partial charge in [-0.2, -0.15) is 4.98 Å². The fraction of sp³-hybridized carbons (Fsp3) is 0.167. The molecule has 1 aromatic carbocycles. The maximum atomic E-state index is 10.8. The SMILES string of the molecule is CCNc1ncc(Cl)c(Oc2cc([N+](=O)[O-])ccc2Cl)n1. The van der Waals surface area contributed by atoms with Gasteiger partial charge < -0.3 is 10.1 Å². The highest BCUT2D eigenvalue weighted by Gasteiger charge is 2.14. The van der Waals surface area contributed by atoms with Gasteiger partial charge in [0.1, 0.15) is 5.02 Å². The first-order valence-electron chi connectivity index (χ1n) is 5.89. The fourth-order valence-corrected chi connectivity index (χ4v) is 1.74. The summed E-state index contributed by atoms with van der Waals surface area (Å²) in [5.41, 5.74) is -0.147. The Hall–Kier alpha value is -2.12. The maximum Gasteiger partial charge on any atom is 0.273 e. The fourth-order valence-electron chi connectivity index (χ4n) is 1.45. The van der Waals surface area contributed by atoms with Gasteiger partial charge in [-0.25, -0.2) is 4.98 Å². The van der Waals surface area contributed by atoms with Gasteiger partial charge in [0, 0.05) is 12.6 Å². The summed E-state index contributed by atoms with van der Waals surface area (Å²) in [6.45, 7) is 2.51. The first kappa shape index (κ1) is 15.3. The van der Waals surface area contributed by atoms with E-state index in [1.54, 1.807) is 0 Å². The lowest BCUT2D eigenvalue weighted by Crippen LogP contribution is -2.03. The zero-order valence-corrected chi connectivity index (χ0v) is 12.4. The number of nitrogens with one attached hydrogen (secondary N) is 1. The largest absolute Gasteiger partial charge is 0.436 e. The Labute approximate surface area is 130 Å². The molecule has 1 N–H and O–H groups in total. The average molecular weight is 329 g/mol. The lowest BCUT2D eigenvalue weighted by molar-refractivity contribution is -0.384. The lowest BCUT2D eigenvalue weighted by atomic mass is 10.3. The Morgan fingerprint density at radius 3 is 2.81 bits per heavy atom. The molecule has 0 saturated carbocycles. The van der Waals surface area contributed by atoms with Crippen LogP contribution in [0.1, 0.15) is 6.92 Å². The van der Waals surface area contributed by atoms with Crippen LogP contribution < -0.4 is 10.1 Å². The van der Waals surface area contributed by atoms with Crippen molar-refractivity contribution in [1.29, 1.82) is 0 Å². The normalized spacial score (nSPS) is 10.2. The summed E-state index contributed by atoms with van der Waals surface area (Å²) in [5, 5.41) is 14.0. The van der Waals surface area contributed by atoms with E-state index in [1.807, 2.05) is 6.92 Å². The molecule has 2 aromatic rings. The predicted molar refractivity (Wildman–Crippen MR) is 79.4 cm³/mol. The molecule has 0 atom stereocenters. The van der Waals surface area contributed by atoms with Crippen molar-refractivity contribution in [3.05, 3.63) is 44.6 Å². The van der Waals surface area contributed by atoms with E-state index in [1.165, 1.54) is 24.4 Å². The first-order valence-corrected chi connectivity index (χ1v) is 6.65. The van der Waals surface area contributed by atoms with Crippen LogP contribution in [0.4, 0.5) is 11.6 Å². The van der Waals surface area contributed by atoms with E-state index in [2.05, 4.69) is 15.3 Å². The van der Waals surface area contributed by atoms with Gasteiger partial charge in [0.05, 0.1) is 22.2 Å². The second-order valence-corrected chi connectivity index (χ2v) is 4.67. The zero-order valence-electron chi connectivity index (χ0n) is 10.8. The summed E-state index contributed by atoms with van der Waals surface area (Å²) in [7, 11) is 0. The summed E-state index contributed by atoms with van der Waals surface area (Å²) in [5.74, 6) is 0.484. The van der Waals surface area contributed by atoms with Crippen LogP contribution in [0.2, 0.25) is 10.0 Å². The molecular formula is C12H10Cl2N4O3. The number of anilines is 1. The summed E-state index contributed by atoms with van der Waals surface area (Å²) >= 11 is 11.9. The number of halogens is 2. The van der Waals surface area contributed by atoms with Crippen LogP contribution in [0, 0.1) is 10.1 Å². The van der Waals surface area contributed by atoms with Gasteiger partial charge in [-0.15, -0.1) is 0 Å². The molecule has 1 aromatic heterocycles. The Bertz CT molecular complexity index is 682. The van der Waals surface area contributed by atoms with Crippen molar-refractivity contribution in [3.8, 4) is 11.6 Å². The van der Waals surface area contributed by atoms with Crippen LogP contribution in [-0.4, -0.2) is 21.4 Å². The van der Waals surface area contributed by atoms with Crippen LogP contribution in [0.5, 0.6) is 11.6 Å². The first-order chi connectivity index (χ1) is 10.0. The Kier molecular flexibility index (Phi) is 4.77. The molecule has 0 spiro atoms. The highest BCUT2D eigenvalue weighted by Crippen LogP contribution is 2.34. The van der Waals surface area contributed by atoms with E-state index in [-0.39, 0.29) is 27.4 Å². The number of benzene rings is 1. The zero-order chi connectivity index (χ0) is 15.4. The minimum atomic E-state index is -0.547. The summed E-state index contributed by atoms with van der Waals surface area (Å²) in [6.07, 6.45) is 1.37. The minimum Gasteiger partial charge on any atom is -0.436 e. The van der Waals surface area contributed by atoms with Gasteiger partial charge in [-0.3, -0.25) is 10.1 Å². The second-order valence-electron chi connectivity index (χ2n) is 3.85. The quantitative estimate of drug-likeness (QED) is 0.660. The van der Waals surface area contributed by atoms with E-state index in [9.17, 15) is 10.1 Å². The van der Waals surface area contributed by atoms with E-state index >= 15 is 0 Å². The third-order valence-electron chi connectivity index (χ3n) is 2.38. The highest BCUT2D eigenvalue weighted by molar-refractivity contribution is 6.32. The van der Waals surface area contributed by atoms with Crippen LogP contribution >= 0.6 is 23.2 Å². The number of nitro benzene ring substituents is 1. The molecule has 0 unspecified atom stereocenters. The van der Waals surface area contributed by atoms with Crippen molar-refractivity contribution in [3.63, 3.8) is 0 Å². The van der Waals surface area contributed by atoms with Crippen molar-refractivity contribution >= 4 is 34.8 Å². The Morgan fingerprint density at radius 1 is 1.38 bits per heavy atom. The number of rotatable bonds is 5. The number of ether oxygens (including phenoxy) is 1. The molecule has 2 rings (SSSR count). The molecule has 0 aliphatic carbocycles. The number of nitro groups is 1. The van der Waals surface area contributed by atoms with Gasteiger partial charge in [-0.05, 0) is 13.0 Å². The average Bonchev–Trinajstić information content (AvgIpc) is 2.45. The van der Waals surface area contributed by atoms with Gasteiger partial charge in [0.25, 0.3) is 5.69 Å². The number of nitrogens with zero attached hydrogens (tertiary/aromatic N) is 3. The van der Waals surface area contributed by atoms with Crippen molar-refractivity contribution in [1.82, 2.24) is 9.97 Å². The molecule has 0 saturated heterocycles. The highest BCUT2D eigenvalue weighted by atomic mass is 35.5. The summed E-state index contributed by atoms with van der Waals surface area (Å²) in [4.78, 5) is 18.3. The maximum absolute atomic E-state index is 10.8. The number of hydrogen-bond acceptors (Lipinski definition) is 6. The molecule has 0 amide bonds. The summed E-state index contributed by atoms with van der Waals surface area (Å²) < 4.78 is 5.46. The lowest BCUT2D eigenvalue weighted by Gasteiger charge is -2.09. The molecule has 0 aliphatic heterocycles. The van der Waals surface area contributed by atoms with Gasteiger partial charge in [-0.1, -0.05) is 23.2 Å². The van der Waals surface area contributed by atoms with Crippen molar-refractivity contribution < 1.29 is 9.66 Å². The van der Waals surface area contributed by atoms with Crippen molar-refractivity contribution in [2.24, 2.45) is 0 Å². The Morgan fingerprint density at radius 2 is 2.14 bits per heavy atom.